The maximum Gasteiger partial charge on any atom is 0.415 e. The fourth-order valence-electron chi connectivity index (χ4n) is 5.65. The number of rotatable bonds is 13. The molecular weight excluding hydrogens is 630 g/mol. The van der Waals surface area contributed by atoms with Gasteiger partial charge in [-0.1, -0.05) is 26.0 Å². The zero-order valence-electron chi connectivity index (χ0n) is 31.1. The second-order valence-electron chi connectivity index (χ2n) is 15.5. The molecule has 0 atom stereocenters. The number of ether oxygens (including phenoxy) is 3. The number of anilines is 2. The molecule has 1 amide bonds. The van der Waals surface area contributed by atoms with Gasteiger partial charge in [0.2, 0.25) is 0 Å². The Morgan fingerprint density at radius 2 is 1.58 bits per heavy atom. The standard InChI is InChI=1S/C39H55N7O4/c1-9-29-25-32(15-16-33(29)41-35-26-34(42-43-35)30-11-13-31(14-12-30)46-19-10-18-40-46)50-36(47)45-23-21-44(22-24-45)20-17-39(8,27-48-37(2,3)4)28-49-38(5,6)7/h10-16,18-19,25-26H,9,17,20-24,27-28H2,1-8H3,(H2,41,42,43). The average Bonchev–Trinajstić information content (AvgIpc) is 3.79. The first-order valence-corrected chi connectivity index (χ1v) is 17.7. The smallest absolute Gasteiger partial charge is 0.410 e. The van der Waals surface area contributed by atoms with Crippen LogP contribution in [0.15, 0.2) is 67.0 Å². The summed E-state index contributed by atoms with van der Waals surface area (Å²) in [6, 6.07) is 17.7. The SMILES string of the molecule is CCc1cc(OC(=O)N2CCN(CCC(C)(COC(C)(C)C)COC(C)(C)C)CC2)ccc1Nc1cc(-c2ccc(-n3cccn3)cc2)[nH]n1. The van der Waals surface area contributed by atoms with Crippen molar-refractivity contribution in [3.05, 3.63) is 72.6 Å². The van der Waals surface area contributed by atoms with E-state index in [1.54, 1.807) is 11.1 Å². The Bertz CT molecular complexity index is 1640. The van der Waals surface area contributed by atoms with Crippen molar-refractivity contribution in [2.24, 2.45) is 5.41 Å². The highest BCUT2D eigenvalue weighted by Crippen LogP contribution is 2.30. The minimum atomic E-state index is -0.315. The molecule has 1 saturated heterocycles. The lowest BCUT2D eigenvalue weighted by molar-refractivity contribution is -0.106. The number of amides is 1. The van der Waals surface area contributed by atoms with Crippen molar-refractivity contribution in [1.82, 2.24) is 29.8 Å². The quantitative estimate of drug-likeness (QED) is 0.147. The van der Waals surface area contributed by atoms with Gasteiger partial charge < -0.3 is 24.4 Å². The van der Waals surface area contributed by atoms with Gasteiger partial charge in [-0.05, 0) is 108 Å². The van der Waals surface area contributed by atoms with Crippen molar-refractivity contribution in [3.8, 4) is 22.7 Å². The topological polar surface area (TPSA) is 110 Å². The Morgan fingerprint density at radius 3 is 2.18 bits per heavy atom. The molecule has 2 aromatic carbocycles. The third-order valence-electron chi connectivity index (χ3n) is 8.82. The van der Waals surface area contributed by atoms with Gasteiger partial charge in [-0.3, -0.25) is 10.00 Å². The lowest BCUT2D eigenvalue weighted by Gasteiger charge is -2.38. The molecule has 1 fully saturated rings. The summed E-state index contributed by atoms with van der Waals surface area (Å²) in [5, 5.41) is 15.3. The first kappa shape index (κ1) is 37.1. The molecule has 0 unspecified atom stereocenters. The molecule has 0 spiro atoms. The Hall–Kier alpha value is -4.19. The molecule has 11 nitrogen and oxygen atoms in total. The number of H-pyrrole nitrogens is 1. The lowest BCUT2D eigenvalue weighted by Crippen LogP contribution is -2.50. The highest BCUT2D eigenvalue weighted by molar-refractivity contribution is 5.72. The molecule has 270 valence electrons. The van der Waals surface area contributed by atoms with Crippen LogP contribution in [0.2, 0.25) is 0 Å². The van der Waals surface area contributed by atoms with E-state index in [0.29, 0.717) is 37.9 Å². The van der Waals surface area contributed by atoms with Crippen LogP contribution in [0.25, 0.3) is 16.9 Å². The molecule has 3 heterocycles. The molecule has 4 aromatic rings. The van der Waals surface area contributed by atoms with E-state index < -0.39 is 0 Å². The molecule has 1 aliphatic rings. The molecule has 2 aromatic heterocycles. The van der Waals surface area contributed by atoms with Crippen molar-refractivity contribution in [2.45, 2.75) is 79.4 Å². The van der Waals surface area contributed by atoms with E-state index in [2.05, 4.69) is 80.9 Å². The molecule has 0 aliphatic carbocycles. The van der Waals surface area contributed by atoms with Crippen molar-refractivity contribution in [1.29, 1.82) is 0 Å². The summed E-state index contributed by atoms with van der Waals surface area (Å²) in [6.07, 6.45) is 5.07. The van der Waals surface area contributed by atoms with Gasteiger partial charge >= 0.3 is 6.09 Å². The van der Waals surface area contributed by atoms with Crippen LogP contribution in [0.3, 0.4) is 0 Å². The first-order valence-electron chi connectivity index (χ1n) is 17.7. The van der Waals surface area contributed by atoms with Crippen LogP contribution in [0.5, 0.6) is 5.75 Å². The van der Waals surface area contributed by atoms with Gasteiger partial charge in [-0.2, -0.15) is 10.2 Å². The number of hydrogen-bond donors (Lipinski definition) is 2. The highest BCUT2D eigenvalue weighted by Gasteiger charge is 2.31. The Balaban J connectivity index is 1.11. The Labute approximate surface area is 297 Å². The zero-order chi connectivity index (χ0) is 35.9. The number of piperazine rings is 1. The number of carbonyl (C=O) groups is 1. The largest absolute Gasteiger partial charge is 0.415 e. The van der Waals surface area contributed by atoms with E-state index >= 15 is 0 Å². The molecular formula is C39H55N7O4. The zero-order valence-corrected chi connectivity index (χ0v) is 31.1. The van der Waals surface area contributed by atoms with Gasteiger partial charge in [-0.15, -0.1) is 0 Å². The molecule has 0 bridgehead atoms. The highest BCUT2D eigenvalue weighted by atomic mass is 16.6. The van der Waals surface area contributed by atoms with E-state index in [4.69, 9.17) is 14.2 Å². The summed E-state index contributed by atoms with van der Waals surface area (Å²) in [6.45, 7) is 21.9. The normalized spacial score (nSPS) is 14.6. The molecule has 0 saturated carbocycles. The summed E-state index contributed by atoms with van der Waals surface area (Å²) in [4.78, 5) is 17.4. The molecule has 11 heteroatoms. The Morgan fingerprint density at radius 1 is 0.900 bits per heavy atom. The van der Waals surface area contributed by atoms with Crippen LogP contribution in [0.1, 0.15) is 67.4 Å². The maximum atomic E-state index is 13.2. The van der Waals surface area contributed by atoms with Gasteiger partial charge in [0.05, 0.1) is 35.8 Å². The fraction of sp³-hybridized carbons (Fsp3) is 0.513. The van der Waals surface area contributed by atoms with Crippen molar-refractivity contribution >= 4 is 17.6 Å². The van der Waals surface area contributed by atoms with Crippen LogP contribution in [0, 0.1) is 5.41 Å². The molecule has 1 aliphatic heterocycles. The van der Waals surface area contributed by atoms with E-state index in [9.17, 15) is 4.79 Å². The number of aryl methyl sites for hydroxylation is 1. The van der Waals surface area contributed by atoms with Crippen molar-refractivity contribution in [3.63, 3.8) is 0 Å². The third-order valence-corrected chi connectivity index (χ3v) is 8.82. The van der Waals surface area contributed by atoms with Crippen LogP contribution < -0.4 is 10.1 Å². The average molecular weight is 686 g/mol. The fourth-order valence-corrected chi connectivity index (χ4v) is 5.65. The van der Waals surface area contributed by atoms with Crippen LogP contribution in [0.4, 0.5) is 16.3 Å². The predicted octanol–water partition coefficient (Wildman–Crippen LogP) is 7.71. The maximum absolute atomic E-state index is 13.2. The number of benzene rings is 2. The third kappa shape index (κ3) is 10.7. The lowest BCUT2D eigenvalue weighted by atomic mass is 9.87. The number of aromatic amines is 1. The van der Waals surface area contributed by atoms with E-state index in [1.807, 2.05) is 65.5 Å². The number of aromatic nitrogens is 4. The van der Waals surface area contributed by atoms with Gasteiger partial charge in [0.25, 0.3) is 0 Å². The summed E-state index contributed by atoms with van der Waals surface area (Å²) in [7, 11) is 0. The van der Waals surface area contributed by atoms with Gasteiger partial charge in [0, 0.05) is 55.7 Å². The second kappa shape index (κ2) is 15.8. The minimum absolute atomic E-state index is 0.109. The van der Waals surface area contributed by atoms with Crippen LogP contribution in [-0.2, 0) is 15.9 Å². The van der Waals surface area contributed by atoms with Gasteiger partial charge in [-0.25, -0.2) is 9.48 Å². The number of nitrogens with one attached hydrogen (secondary N) is 2. The first-order chi connectivity index (χ1) is 23.7. The molecule has 2 N–H and O–H groups in total. The predicted molar refractivity (Wildman–Crippen MR) is 198 cm³/mol. The minimum Gasteiger partial charge on any atom is -0.410 e. The number of hydrogen-bond acceptors (Lipinski definition) is 8. The monoisotopic (exact) mass is 685 g/mol. The Kier molecular flexibility index (Phi) is 11.7. The van der Waals surface area contributed by atoms with Crippen molar-refractivity contribution < 1.29 is 19.0 Å². The van der Waals surface area contributed by atoms with Crippen LogP contribution in [-0.4, -0.2) is 93.0 Å². The number of nitrogens with zero attached hydrogens (tertiary/aromatic N) is 5. The molecule has 50 heavy (non-hydrogen) atoms. The van der Waals surface area contributed by atoms with Crippen molar-refractivity contribution in [2.75, 3.05) is 51.3 Å². The van der Waals surface area contributed by atoms with E-state index in [0.717, 1.165) is 60.7 Å². The van der Waals surface area contributed by atoms with Gasteiger partial charge in [0.1, 0.15) is 5.75 Å². The van der Waals surface area contributed by atoms with Crippen LogP contribution >= 0.6 is 0 Å². The van der Waals surface area contributed by atoms with E-state index in [-0.39, 0.29) is 22.7 Å². The molecule has 0 radical (unpaired) electrons. The summed E-state index contributed by atoms with van der Waals surface area (Å²) < 4.78 is 20.1. The number of carbonyl (C=O) groups excluding carboxylic acids is 1. The summed E-state index contributed by atoms with van der Waals surface area (Å²) >= 11 is 0. The summed E-state index contributed by atoms with van der Waals surface area (Å²) in [5.41, 5.74) is 4.35. The van der Waals surface area contributed by atoms with Gasteiger partial charge in [0.15, 0.2) is 5.82 Å². The van der Waals surface area contributed by atoms with E-state index in [1.165, 1.54) is 0 Å². The molecule has 5 rings (SSSR count). The second-order valence-corrected chi connectivity index (χ2v) is 15.5. The summed E-state index contributed by atoms with van der Waals surface area (Å²) in [5.74, 6) is 1.24.